The number of halogens is 1. The molecular formula is C12H16ClNO. The molecule has 0 radical (unpaired) electrons. The third kappa shape index (κ3) is 3.92. The lowest BCUT2D eigenvalue weighted by molar-refractivity contribution is -0.123. The van der Waals surface area contributed by atoms with Gasteiger partial charge < -0.3 is 5.32 Å². The van der Waals surface area contributed by atoms with E-state index in [2.05, 4.69) is 5.32 Å². The van der Waals surface area contributed by atoms with Crippen LogP contribution in [0.2, 0.25) is 0 Å². The summed E-state index contributed by atoms with van der Waals surface area (Å²) in [6.07, 6.45) is 0. The molecule has 15 heavy (non-hydrogen) atoms. The molecule has 1 N–H and O–H groups in total. The summed E-state index contributed by atoms with van der Waals surface area (Å²) < 4.78 is 0. The van der Waals surface area contributed by atoms with Crippen LogP contribution in [0.1, 0.15) is 24.8 Å². The van der Waals surface area contributed by atoms with E-state index < -0.39 is 0 Å². The van der Waals surface area contributed by atoms with Crippen molar-refractivity contribution in [2.24, 2.45) is 5.92 Å². The van der Waals surface area contributed by atoms with Gasteiger partial charge in [0.05, 0.1) is 5.38 Å². The van der Waals surface area contributed by atoms with Gasteiger partial charge in [-0.1, -0.05) is 44.2 Å². The average molecular weight is 226 g/mol. The summed E-state index contributed by atoms with van der Waals surface area (Å²) in [5.41, 5.74) is 1.03. The largest absolute Gasteiger partial charge is 0.354 e. The molecule has 1 unspecified atom stereocenters. The van der Waals surface area contributed by atoms with Crippen LogP contribution in [0.5, 0.6) is 0 Å². The van der Waals surface area contributed by atoms with Crippen molar-refractivity contribution >= 4 is 17.5 Å². The molecule has 0 aliphatic heterocycles. The van der Waals surface area contributed by atoms with Gasteiger partial charge >= 0.3 is 0 Å². The number of hydrogen-bond donors (Lipinski definition) is 1. The Morgan fingerprint density at radius 2 is 1.93 bits per heavy atom. The molecule has 0 fully saturated rings. The van der Waals surface area contributed by atoms with Gasteiger partial charge in [-0.2, -0.15) is 0 Å². The molecule has 1 rings (SSSR count). The topological polar surface area (TPSA) is 29.1 Å². The van der Waals surface area contributed by atoms with Crippen LogP contribution in [-0.2, 0) is 4.79 Å². The molecule has 0 aliphatic carbocycles. The SMILES string of the molecule is CC(C)C(=O)NCC(Cl)c1ccccc1. The maximum absolute atomic E-state index is 11.3. The molecule has 0 spiro atoms. The van der Waals surface area contributed by atoms with Crippen LogP contribution in [0.4, 0.5) is 0 Å². The maximum Gasteiger partial charge on any atom is 0.222 e. The number of benzene rings is 1. The predicted molar refractivity (Wildman–Crippen MR) is 62.9 cm³/mol. The minimum Gasteiger partial charge on any atom is -0.354 e. The molecule has 0 saturated heterocycles. The Kier molecular flexibility index (Phi) is 4.63. The monoisotopic (exact) mass is 225 g/mol. The second-order valence-corrected chi connectivity index (χ2v) is 4.30. The molecule has 1 aromatic carbocycles. The summed E-state index contributed by atoms with van der Waals surface area (Å²) in [6, 6.07) is 9.74. The maximum atomic E-state index is 11.3. The molecule has 82 valence electrons. The fourth-order valence-corrected chi connectivity index (χ4v) is 1.40. The lowest BCUT2D eigenvalue weighted by atomic mass is 10.1. The quantitative estimate of drug-likeness (QED) is 0.785. The van der Waals surface area contributed by atoms with Crippen molar-refractivity contribution in [1.29, 1.82) is 0 Å². The minimum absolute atomic E-state index is 0.00430. The molecule has 1 atom stereocenters. The van der Waals surface area contributed by atoms with Gasteiger partial charge in [0.2, 0.25) is 5.91 Å². The zero-order valence-corrected chi connectivity index (χ0v) is 9.79. The van der Waals surface area contributed by atoms with Gasteiger partial charge in [0.1, 0.15) is 0 Å². The van der Waals surface area contributed by atoms with E-state index in [0.717, 1.165) is 5.56 Å². The summed E-state index contributed by atoms with van der Waals surface area (Å²) in [6.45, 7) is 4.20. The number of carbonyl (C=O) groups is 1. The Labute approximate surface area is 95.6 Å². The second-order valence-electron chi connectivity index (χ2n) is 3.78. The van der Waals surface area contributed by atoms with E-state index in [0.29, 0.717) is 6.54 Å². The van der Waals surface area contributed by atoms with Gasteiger partial charge in [0, 0.05) is 12.5 Å². The van der Waals surface area contributed by atoms with Crippen molar-refractivity contribution in [3.63, 3.8) is 0 Å². The lowest BCUT2D eigenvalue weighted by Gasteiger charge is -2.12. The number of amides is 1. The zero-order chi connectivity index (χ0) is 11.3. The first-order chi connectivity index (χ1) is 7.11. The third-order valence-electron chi connectivity index (χ3n) is 2.14. The number of hydrogen-bond acceptors (Lipinski definition) is 1. The molecule has 0 aromatic heterocycles. The molecule has 0 aliphatic rings. The first-order valence-electron chi connectivity index (χ1n) is 5.08. The number of rotatable bonds is 4. The average Bonchev–Trinajstić information content (AvgIpc) is 2.26. The van der Waals surface area contributed by atoms with E-state index in [1.165, 1.54) is 0 Å². The van der Waals surface area contributed by atoms with Gasteiger partial charge in [-0.05, 0) is 5.56 Å². The summed E-state index contributed by atoms with van der Waals surface area (Å²) in [4.78, 5) is 11.3. The Morgan fingerprint density at radius 1 is 1.33 bits per heavy atom. The number of nitrogens with one attached hydrogen (secondary N) is 1. The van der Waals surface area contributed by atoms with Crippen molar-refractivity contribution in [2.45, 2.75) is 19.2 Å². The highest BCUT2D eigenvalue weighted by Crippen LogP contribution is 2.18. The van der Waals surface area contributed by atoms with Gasteiger partial charge in [-0.15, -0.1) is 11.6 Å². The number of alkyl halides is 1. The van der Waals surface area contributed by atoms with Crippen LogP contribution < -0.4 is 5.32 Å². The summed E-state index contributed by atoms with van der Waals surface area (Å²) in [5.74, 6) is 0.0428. The van der Waals surface area contributed by atoms with Gasteiger partial charge in [-0.3, -0.25) is 4.79 Å². The Balaban J connectivity index is 2.44. The van der Waals surface area contributed by atoms with Crippen molar-refractivity contribution < 1.29 is 4.79 Å². The third-order valence-corrected chi connectivity index (χ3v) is 2.55. The standard InChI is InChI=1S/C12H16ClNO/c1-9(2)12(15)14-8-11(13)10-6-4-3-5-7-10/h3-7,9,11H,8H2,1-2H3,(H,14,15). The van der Waals surface area contributed by atoms with E-state index in [9.17, 15) is 4.79 Å². The van der Waals surface area contributed by atoms with Crippen LogP contribution in [0.3, 0.4) is 0 Å². The van der Waals surface area contributed by atoms with Crippen molar-refractivity contribution in [3.05, 3.63) is 35.9 Å². The van der Waals surface area contributed by atoms with E-state index in [1.54, 1.807) is 0 Å². The zero-order valence-electron chi connectivity index (χ0n) is 9.03. The Hall–Kier alpha value is -1.02. The van der Waals surface area contributed by atoms with Crippen LogP contribution in [0.25, 0.3) is 0 Å². The van der Waals surface area contributed by atoms with E-state index in [4.69, 9.17) is 11.6 Å². The molecule has 3 heteroatoms. The number of carbonyl (C=O) groups excluding carboxylic acids is 1. The van der Waals surface area contributed by atoms with E-state index in [-0.39, 0.29) is 17.2 Å². The smallest absolute Gasteiger partial charge is 0.222 e. The normalized spacial score (nSPS) is 12.5. The molecule has 1 aromatic rings. The highest BCUT2D eigenvalue weighted by atomic mass is 35.5. The van der Waals surface area contributed by atoms with Crippen LogP contribution in [0.15, 0.2) is 30.3 Å². The lowest BCUT2D eigenvalue weighted by Crippen LogP contribution is -2.30. The second kappa shape index (κ2) is 5.76. The molecule has 0 bridgehead atoms. The predicted octanol–water partition coefficient (Wildman–Crippen LogP) is 2.74. The van der Waals surface area contributed by atoms with E-state index in [1.807, 2.05) is 44.2 Å². The molecule has 0 saturated carbocycles. The van der Waals surface area contributed by atoms with Crippen LogP contribution in [-0.4, -0.2) is 12.5 Å². The highest BCUT2D eigenvalue weighted by Gasteiger charge is 2.11. The fraction of sp³-hybridized carbons (Fsp3) is 0.417. The Bertz CT molecular complexity index is 311. The molecule has 0 heterocycles. The first-order valence-corrected chi connectivity index (χ1v) is 5.51. The van der Waals surface area contributed by atoms with Crippen molar-refractivity contribution in [2.75, 3.05) is 6.54 Å². The van der Waals surface area contributed by atoms with Gasteiger partial charge in [0.25, 0.3) is 0 Å². The summed E-state index contributed by atoms with van der Waals surface area (Å²) in [5, 5.41) is 2.65. The fourth-order valence-electron chi connectivity index (χ4n) is 1.17. The summed E-state index contributed by atoms with van der Waals surface area (Å²) >= 11 is 6.14. The molecule has 1 amide bonds. The molecule has 2 nitrogen and oxygen atoms in total. The van der Waals surface area contributed by atoms with E-state index >= 15 is 0 Å². The van der Waals surface area contributed by atoms with Gasteiger partial charge in [-0.25, -0.2) is 0 Å². The Morgan fingerprint density at radius 3 is 2.47 bits per heavy atom. The molecular weight excluding hydrogens is 210 g/mol. The highest BCUT2D eigenvalue weighted by molar-refractivity contribution is 6.21. The van der Waals surface area contributed by atoms with Crippen LogP contribution in [0, 0.1) is 5.92 Å². The van der Waals surface area contributed by atoms with Crippen molar-refractivity contribution in [1.82, 2.24) is 5.32 Å². The van der Waals surface area contributed by atoms with Gasteiger partial charge in [0.15, 0.2) is 0 Å². The van der Waals surface area contributed by atoms with Crippen LogP contribution >= 0.6 is 11.6 Å². The van der Waals surface area contributed by atoms with Crippen molar-refractivity contribution in [3.8, 4) is 0 Å². The summed E-state index contributed by atoms with van der Waals surface area (Å²) in [7, 11) is 0. The first kappa shape index (κ1) is 12.1. The minimum atomic E-state index is -0.158.